The quantitative estimate of drug-likeness (QED) is 0.545. The van der Waals surface area contributed by atoms with Gasteiger partial charge < -0.3 is 4.74 Å². The van der Waals surface area contributed by atoms with Crippen molar-refractivity contribution in [2.24, 2.45) is 11.8 Å². The van der Waals surface area contributed by atoms with Crippen molar-refractivity contribution in [2.45, 2.75) is 43.1 Å². The molecule has 2 saturated heterocycles. The van der Waals surface area contributed by atoms with Crippen LogP contribution in [0.2, 0.25) is 0 Å². The summed E-state index contributed by atoms with van der Waals surface area (Å²) in [4.78, 5) is 14.1. The molecule has 2 bridgehead atoms. The maximum Gasteiger partial charge on any atom is 0.320 e. The second kappa shape index (κ2) is 4.42. The summed E-state index contributed by atoms with van der Waals surface area (Å²) in [6.07, 6.45) is 2.89. The molecule has 5 atom stereocenters. The van der Waals surface area contributed by atoms with Crippen molar-refractivity contribution in [1.29, 1.82) is 0 Å². The topological polar surface area (TPSA) is 72.9 Å². The first-order chi connectivity index (χ1) is 9.54. The summed E-state index contributed by atoms with van der Waals surface area (Å²) in [5.41, 5.74) is 0. The van der Waals surface area contributed by atoms with Gasteiger partial charge in [0.15, 0.2) is 0 Å². The smallest absolute Gasteiger partial charge is 0.320 e. The highest BCUT2D eigenvalue weighted by Crippen LogP contribution is 2.55. The van der Waals surface area contributed by atoms with E-state index in [1.807, 2.05) is 0 Å². The number of rotatable bonds is 3. The Labute approximate surface area is 118 Å². The van der Waals surface area contributed by atoms with E-state index < -0.39 is 16.2 Å². The zero-order valence-electron chi connectivity index (χ0n) is 11.2. The van der Waals surface area contributed by atoms with E-state index in [1.165, 1.54) is 0 Å². The van der Waals surface area contributed by atoms with E-state index >= 15 is 0 Å². The van der Waals surface area contributed by atoms with Crippen LogP contribution in [0.3, 0.4) is 0 Å². The van der Waals surface area contributed by atoms with Crippen molar-refractivity contribution in [3.63, 3.8) is 0 Å². The summed E-state index contributed by atoms with van der Waals surface area (Å²) in [5.74, 6) is -0.0433. The number of hydrogen-bond acceptors (Lipinski definition) is 6. The van der Waals surface area contributed by atoms with Crippen LogP contribution in [0.4, 0.5) is 0 Å². The van der Waals surface area contributed by atoms with Crippen molar-refractivity contribution in [3.8, 4) is 0 Å². The molecule has 0 amide bonds. The number of likely N-dealkylation sites (tertiary alicyclic amines) is 1. The lowest BCUT2D eigenvalue weighted by Crippen LogP contribution is -2.39. The molecule has 0 aromatic rings. The number of esters is 1. The molecule has 7 heteroatoms. The van der Waals surface area contributed by atoms with Gasteiger partial charge in [-0.3, -0.25) is 13.9 Å². The Hall–Kier alpha value is -0.660. The Balaban J connectivity index is 1.42. The monoisotopic (exact) mass is 301 g/mol. The highest BCUT2D eigenvalue weighted by atomic mass is 32.2. The largest absolute Gasteiger partial charge is 0.458 e. The summed E-state index contributed by atoms with van der Waals surface area (Å²) >= 11 is 0. The van der Waals surface area contributed by atoms with Crippen molar-refractivity contribution in [3.05, 3.63) is 0 Å². The summed E-state index contributed by atoms with van der Waals surface area (Å²) in [5, 5.41) is -0.356. The molecule has 2 saturated carbocycles. The standard InChI is InChI=1S/C13H19NO5S/c15-11(7-14-3-1-2-4-14)18-12-8-5-9-10(6-8)20(16,17)19-13(9)12/h8-10,12-13H,1-7H2. The van der Waals surface area contributed by atoms with Crippen molar-refractivity contribution in [2.75, 3.05) is 19.6 Å². The fraction of sp³-hybridized carbons (Fsp3) is 0.923. The first-order valence-electron chi connectivity index (χ1n) is 7.38. The normalized spacial score (nSPS) is 45.1. The van der Waals surface area contributed by atoms with Crippen molar-refractivity contribution in [1.82, 2.24) is 4.90 Å². The Bertz CT molecular complexity index is 527. The van der Waals surface area contributed by atoms with E-state index in [4.69, 9.17) is 8.92 Å². The third kappa shape index (κ3) is 1.90. The van der Waals surface area contributed by atoms with E-state index in [0.29, 0.717) is 13.0 Å². The summed E-state index contributed by atoms with van der Waals surface area (Å²) in [7, 11) is -3.42. The minimum atomic E-state index is -3.42. The van der Waals surface area contributed by atoms with Gasteiger partial charge >= 0.3 is 5.97 Å². The van der Waals surface area contributed by atoms with E-state index in [-0.39, 0.29) is 29.2 Å². The maximum absolute atomic E-state index is 12.0. The number of ether oxygens (including phenoxy) is 1. The number of carbonyl (C=O) groups excluding carboxylic acids is 1. The Morgan fingerprint density at radius 2 is 2.00 bits per heavy atom. The number of nitrogens with zero attached hydrogens (tertiary/aromatic N) is 1. The van der Waals surface area contributed by atoms with Gasteiger partial charge in [-0.05, 0) is 38.8 Å². The van der Waals surface area contributed by atoms with Crippen molar-refractivity contribution >= 4 is 16.1 Å². The maximum atomic E-state index is 12.0. The second-order valence-electron chi connectivity index (χ2n) is 6.43. The van der Waals surface area contributed by atoms with E-state index in [1.54, 1.807) is 0 Å². The lowest BCUT2D eigenvalue weighted by molar-refractivity contribution is -0.156. The van der Waals surface area contributed by atoms with Gasteiger partial charge in [0.05, 0.1) is 11.8 Å². The van der Waals surface area contributed by atoms with Gasteiger partial charge in [-0.2, -0.15) is 8.42 Å². The highest BCUT2D eigenvalue weighted by Gasteiger charge is 2.65. The van der Waals surface area contributed by atoms with Crippen LogP contribution in [0.1, 0.15) is 25.7 Å². The highest BCUT2D eigenvalue weighted by molar-refractivity contribution is 7.87. The van der Waals surface area contributed by atoms with E-state index in [0.717, 1.165) is 32.4 Å². The van der Waals surface area contributed by atoms with Crippen LogP contribution in [0.15, 0.2) is 0 Å². The average molecular weight is 301 g/mol. The van der Waals surface area contributed by atoms with Gasteiger partial charge in [0.25, 0.3) is 10.1 Å². The molecule has 6 nitrogen and oxygen atoms in total. The third-order valence-corrected chi connectivity index (χ3v) is 7.01. The molecule has 4 rings (SSSR count). The molecule has 5 unspecified atom stereocenters. The minimum Gasteiger partial charge on any atom is -0.458 e. The van der Waals surface area contributed by atoms with Crippen LogP contribution in [0.5, 0.6) is 0 Å². The van der Waals surface area contributed by atoms with Gasteiger partial charge in [0, 0.05) is 11.8 Å². The summed E-state index contributed by atoms with van der Waals surface area (Å²) in [6.45, 7) is 2.21. The lowest BCUT2D eigenvalue weighted by atomic mass is 9.94. The summed E-state index contributed by atoms with van der Waals surface area (Å²) in [6, 6.07) is 0. The molecule has 2 aliphatic heterocycles. The fourth-order valence-corrected chi connectivity index (χ4v) is 6.24. The van der Waals surface area contributed by atoms with Gasteiger partial charge in [-0.25, -0.2) is 0 Å². The van der Waals surface area contributed by atoms with Crippen molar-refractivity contribution < 1.29 is 22.1 Å². The van der Waals surface area contributed by atoms with Gasteiger partial charge in [0.2, 0.25) is 0 Å². The predicted octanol–water partition coefficient (Wildman–Crippen LogP) is 0.131. The first kappa shape index (κ1) is 13.0. The molecule has 112 valence electrons. The van der Waals surface area contributed by atoms with Crippen LogP contribution < -0.4 is 0 Å². The predicted molar refractivity (Wildman–Crippen MR) is 69.3 cm³/mol. The Kier molecular flexibility index (Phi) is 2.88. The van der Waals surface area contributed by atoms with Crippen LogP contribution >= 0.6 is 0 Å². The second-order valence-corrected chi connectivity index (χ2v) is 8.21. The Morgan fingerprint density at radius 1 is 1.25 bits per heavy atom. The molecule has 4 aliphatic rings. The van der Waals surface area contributed by atoms with Gasteiger partial charge in [-0.1, -0.05) is 0 Å². The summed E-state index contributed by atoms with van der Waals surface area (Å²) < 4.78 is 34.4. The SMILES string of the molecule is O=C(CN1CCCC1)OC1C2CC3C1OS(=O)(=O)C3C2. The zero-order valence-corrected chi connectivity index (χ0v) is 12.0. The molecule has 4 fully saturated rings. The zero-order chi connectivity index (χ0) is 13.9. The molecule has 2 aliphatic carbocycles. The minimum absolute atomic E-state index is 0.0367. The lowest BCUT2D eigenvalue weighted by Gasteiger charge is -2.25. The molecule has 0 radical (unpaired) electrons. The Morgan fingerprint density at radius 3 is 2.75 bits per heavy atom. The fourth-order valence-electron chi connectivity index (χ4n) is 4.36. The molecule has 0 spiro atoms. The van der Waals surface area contributed by atoms with Crippen LogP contribution in [0, 0.1) is 11.8 Å². The van der Waals surface area contributed by atoms with E-state index in [9.17, 15) is 13.2 Å². The van der Waals surface area contributed by atoms with E-state index in [2.05, 4.69) is 4.90 Å². The molecule has 20 heavy (non-hydrogen) atoms. The molecule has 0 aromatic carbocycles. The number of carbonyl (C=O) groups is 1. The molecular weight excluding hydrogens is 282 g/mol. The number of hydrogen-bond donors (Lipinski definition) is 0. The van der Waals surface area contributed by atoms with Crippen LogP contribution in [0.25, 0.3) is 0 Å². The van der Waals surface area contributed by atoms with Crippen LogP contribution in [-0.4, -0.2) is 56.4 Å². The molecular formula is C13H19NO5S. The average Bonchev–Trinajstić information content (AvgIpc) is 3.07. The van der Waals surface area contributed by atoms with Crippen LogP contribution in [-0.2, 0) is 23.8 Å². The first-order valence-corrected chi connectivity index (χ1v) is 8.86. The molecule has 0 N–H and O–H groups in total. The van der Waals surface area contributed by atoms with Gasteiger partial charge in [-0.15, -0.1) is 0 Å². The third-order valence-electron chi connectivity index (χ3n) is 5.23. The van der Waals surface area contributed by atoms with Gasteiger partial charge in [0.1, 0.15) is 12.2 Å². The molecule has 0 aromatic heterocycles. The number of fused-ring (bicyclic) bond motifs is 1. The molecule has 2 heterocycles.